The zero-order chi connectivity index (χ0) is 15.4. The second kappa shape index (κ2) is 6.55. The quantitative estimate of drug-likeness (QED) is 0.841. The van der Waals surface area contributed by atoms with Crippen molar-refractivity contribution < 1.29 is 21.6 Å². The number of alkyl halides is 3. The summed E-state index contributed by atoms with van der Waals surface area (Å²) >= 11 is 0. The Kier molecular flexibility index (Phi) is 5.55. The summed E-state index contributed by atoms with van der Waals surface area (Å²) in [5.74, 6) is -0.479. The summed E-state index contributed by atoms with van der Waals surface area (Å²) in [5, 5.41) is 2.85. The first kappa shape index (κ1) is 16.9. The number of benzene rings is 1. The normalized spacial score (nSPS) is 14.2. The molecule has 0 aliphatic carbocycles. The van der Waals surface area contributed by atoms with Gasteiger partial charge in [0.2, 0.25) is 10.0 Å². The minimum atomic E-state index is -4.48. The fourth-order valence-corrected chi connectivity index (χ4v) is 2.69. The molecule has 0 saturated heterocycles. The van der Waals surface area contributed by atoms with E-state index in [0.29, 0.717) is 0 Å². The molecular formula is C12H17F3N2O2S. The molecule has 0 fully saturated rings. The molecule has 1 atom stereocenters. The maximum Gasteiger partial charge on any atom is 0.416 e. The molecule has 114 valence electrons. The second-order valence-corrected chi connectivity index (χ2v) is 6.30. The van der Waals surface area contributed by atoms with Crippen LogP contribution in [0.5, 0.6) is 0 Å². The van der Waals surface area contributed by atoms with Gasteiger partial charge in [0, 0.05) is 12.6 Å². The Bertz CT molecular complexity index is 544. The molecule has 0 radical (unpaired) electrons. The average molecular weight is 310 g/mol. The largest absolute Gasteiger partial charge is 0.416 e. The van der Waals surface area contributed by atoms with E-state index in [9.17, 15) is 21.6 Å². The highest BCUT2D eigenvalue weighted by atomic mass is 32.2. The van der Waals surface area contributed by atoms with Crippen LogP contribution in [0, 0.1) is 0 Å². The van der Waals surface area contributed by atoms with E-state index in [1.54, 1.807) is 14.0 Å². The Labute approximate surface area is 116 Å². The first-order valence-corrected chi connectivity index (χ1v) is 7.60. The van der Waals surface area contributed by atoms with Gasteiger partial charge in [0.25, 0.3) is 0 Å². The highest BCUT2D eigenvalue weighted by Gasteiger charge is 2.30. The zero-order valence-electron chi connectivity index (χ0n) is 11.2. The summed E-state index contributed by atoms with van der Waals surface area (Å²) in [6, 6.07) is 4.25. The lowest BCUT2D eigenvalue weighted by atomic mass is 10.1. The molecule has 0 aromatic heterocycles. The number of sulfonamides is 1. The van der Waals surface area contributed by atoms with E-state index in [1.807, 2.05) is 0 Å². The molecule has 1 aromatic carbocycles. The van der Waals surface area contributed by atoms with E-state index < -0.39 is 27.5 Å². The third-order valence-corrected chi connectivity index (χ3v) is 4.03. The van der Waals surface area contributed by atoms with Crippen molar-refractivity contribution in [1.82, 2.24) is 10.0 Å². The molecule has 8 heteroatoms. The van der Waals surface area contributed by atoms with Crippen LogP contribution >= 0.6 is 0 Å². The SMILES string of the molecule is CNC(C)CNS(=O)(=O)Cc1cccc(C(F)(F)F)c1. The molecule has 0 amide bonds. The molecule has 4 nitrogen and oxygen atoms in total. The van der Waals surface area contributed by atoms with Crippen molar-refractivity contribution in [2.45, 2.75) is 24.9 Å². The monoisotopic (exact) mass is 310 g/mol. The van der Waals surface area contributed by atoms with Gasteiger partial charge >= 0.3 is 6.18 Å². The van der Waals surface area contributed by atoms with Gasteiger partial charge in [0.05, 0.1) is 11.3 Å². The highest BCUT2D eigenvalue weighted by molar-refractivity contribution is 7.88. The molecule has 0 aliphatic rings. The lowest BCUT2D eigenvalue weighted by Crippen LogP contribution is -2.37. The van der Waals surface area contributed by atoms with Gasteiger partial charge in [-0.05, 0) is 25.6 Å². The van der Waals surface area contributed by atoms with E-state index in [0.717, 1.165) is 12.1 Å². The number of likely N-dealkylation sites (N-methyl/N-ethyl adjacent to an activating group) is 1. The molecule has 0 aliphatic heterocycles. The van der Waals surface area contributed by atoms with Crippen molar-refractivity contribution in [2.24, 2.45) is 0 Å². The van der Waals surface area contributed by atoms with E-state index in [2.05, 4.69) is 10.0 Å². The fraction of sp³-hybridized carbons (Fsp3) is 0.500. The Morgan fingerprint density at radius 3 is 2.50 bits per heavy atom. The van der Waals surface area contributed by atoms with Crippen LogP contribution in [-0.4, -0.2) is 28.1 Å². The van der Waals surface area contributed by atoms with Crippen LogP contribution in [0.2, 0.25) is 0 Å². The lowest BCUT2D eigenvalue weighted by molar-refractivity contribution is -0.137. The van der Waals surface area contributed by atoms with Crippen molar-refractivity contribution >= 4 is 10.0 Å². The minimum Gasteiger partial charge on any atom is -0.316 e. The molecular weight excluding hydrogens is 293 g/mol. The van der Waals surface area contributed by atoms with Gasteiger partial charge in [0.1, 0.15) is 0 Å². The van der Waals surface area contributed by atoms with Crippen LogP contribution in [0.3, 0.4) is 0 Å². The summed E-state index contributed by atoms with van der Waals surface area (Å²) in [7, 11) is -1.97. The predicted octanol–water partition coefficient (Wildman–Crippen LogP) is 1.73. The summed E-state index contributed by atoms with van der Waals surface area (Å²) in [6.45, 7) is 1.96. The van der Waals surface area contributed by atoms with Gasteiger partial charge in [-0.15, -0.1) is 0 Å². The summed E-state index contributed by atoms with van der Waals surface area (Å²) in [4.78, 5) is 0. The van der Waals surface area contributed by atoms with Gasteiger partial charge in [-0.2, -0.15) is 13.2 Å². The average Bonchev–Trinajstić information content (AvgIpc) is 2.35. The van der Waals surface area contributed by atoms with Crippen molar-refractivity contribution in [3.63, 3.8) is 0 Å². The third kappa shape index (κ3) is 5.48. The lowest BCUT2D eigenvalue weighted by Gasteiger charge is -2.13. The molecule has 20 heavy (non-hydrogen) atoms. The first-order chi connectivity index (χ1) is 9.14. The van der Waals surface area contributed by atoms with Crippen LogP contribution in [-0.2, 0) is 22.0 Å². The number of hydrogen-bond acceptors (Lipinski definition) is 3. The summed E-state index contributed by atoms with van der Waals surface area (Å²) in [5.41, 5.74) is -0.752. The first-order valence-electron chi connectivity index (χ1n) is 5.95. The van der Waals surface area contributed by atoms with Gasteiger partial charge in [0.15, 0.2) is 0 Å². The van der Waals surface area contributed by atoms with Crippen LogP contribution in [0.1, 0.15) is 18.1 Å². The maximum absolute atomic E-state index is 12.5. The molecule has 0 heterocycles. The Hall–Kier alpha value is -1.12. The molecule has 1 unspecified atom stereocenters. The zero-order valence-corrected chi connectivity index (χ0v) is 12.0. The van der Waals surface area contributed by atoms with Crippen molar-refractivity contribution in [3.05, 3.63) is 35.4 Å². The molecule has 0 spiro atoms. The summed E-state index contributed by atoms with van der Waals surface area (Å²) in [6.07, 6.45) is -4.48. The molecule has 0 bridgehead atoms. The van der Waals surface area contributed by atoms with Crippen molar-refractivity contribution in [2.75, 3.05) is 13.6 Å². The Morgan fingerprint density at radius 2 is 1.95 bits per heavy atom. The van der Waals surface area contributed by atoms with Gasteiger partial charge < -0.3 is 5.32 Å². The van der Waals surface area contributed by atoms with Crippen LogP contribution in [0.25, 0.3) is 0 Å². The Morgan fingerprint density at radius 1 is 1.30 bits per heavy atom. The van der Waals surface area contributed by atoms with Gasteiger partial charge in [-0.1, -0.05) is 18.2 Å². The fourth-order valence-electron chi connectivity index (χ4n) is 1.46. The van der Waals surface area contributed by atoms with E-state index in [4.69, 9.17) is 0 Å². The smallest absolute Gasteiger partial charge is 0.316 e. The van der Waals surface area contributed by atoms with Crippen LogP contribution in [0.4, 0.5) is 13.2 Å². The predicted molar refractivity (Wildman–Crippen MR) is 70.6 cm³/mol. The van der Waals surface area contributed by atoms with E-state index in [-0.39, 0.29) is 18.2 Å². The summed E-state index contributed by atoms with van der Waals surface area (Å²) < 4.78 is 63.4. The molecule has 0 saturated carbocycles. The van der Waals surface area contributed by atoms with Crippen molar-refractivity contribution in [3.8, 4) is 0 Å². The highest BCUT2D eigenvalue weighted by Crippen LogP contribution is 2.29. The van der Waals surface area contributed by atoms with Crippen molar-refractivity contribution in [1.29, 1.82) is 0 Å². The molecule has 1 aromatic rings. The Balaban J connectivity index is 2.77. The number of nitrogens with one attached hydrogen (secondary N) is 2. The molecule has 1 rings (SSSR count). The number of hydrogen-bond donors (Lipinski definition) is 2. The number of rotatable bonds is 6. The minimum absolute atomic E-state index is 0.0636. The topological polar surface area (TPSA) is 58.2 Å². The van der Waals surface area contributed by atoms with Crippen LogP contribution in [0.15, 0.2) is 24.3 Å². The maximum atomic E-state index is 12.5. The van der Waals surface area contributed by atoms with Gasteiger partial charge in [-0.3, -0.25) is 0 Å². The van der Waals surface area contributed by atoms with E-state index >= 15 is 0 Å². The second-order valence-electron chi connectivity index (χ2n) is 4.50. The van der Waals surface area contributed by atoms with Gasteiger partial charge in [-0.25, -0.2) is 13.1 Å². The van der Waals surface area contributed by atoms with E-state index in [1.165, 1.54) is 12.1 Å². The standard InChI is InChI=1S/C12H17F3N2O2S/c1-9(16-2)7-17-20(18,19)8-10-4-3-5-11(6-10)12(13,14)15/h3-6,9,16-17H,7-8H2,1-2H3. The molecule has 2 N–H and O–H groups in total. The number of halogens is 3. The van der Waals surface area contributed by atoms with Crippen LogP contribution < -0.4 is 10.0 Å². The third-order valence-electron chi connectivity index (χ3n) is 2.71.